The lowest BCUT2D eigenvalue weighted by Gasteiger charge is -2.33. The zero-order valence-corrected chi connectivity index (χ0v) is 27.4. The second kappa shape index (κ2) is 15.4. The third-order valence-electron chi connectivity index (χ3n) is 6.45. The highest BCUT2D eigenvalue weighted by Crippen LogP contribution is 2.28. The maximum absolute atomic E-state index is 14.1. The van der Waals surface area contributed by atoms with E-state index in [0.717, 1.165) is 14.3 Å². The molecule has 0 aliphatic carbocycles. The summed E-state index contributed by atoms with van der Waals surface area (Å²) < 4.78 is 35.3. The fraction of sp³-hybridized carbons (Fsp3) is 0.355. The van der Waals surface area contributed by atoms with Gasteiger partial charge in [0.25, 0.3) is 10.0 Å². The Morgan fingerprint density at radius 3 is 2.12 bits per heavy atom. The van der Waals surface area contributed by atoms with Gasteiger partial charge in [0, 0.05) is 22.6 Å². The van der Waals surface area contributed by atoms with Gasteiger partial charge in [-0.15, -0.1) is 0 Å². The average molecular weight is 679 g/mol. The van der Waals surface area contributed by atoms with E-state index >= 15 is 0 Å². The summed E-state index contributed by atoms with van der Waals surface area (Å²) in [6, 6.07) is 18.9. The van der Waals surface area contributed by atoms with Crippen molar-refractivity contribution in [2.24, 2.45) is 5.92 Å². The van der Waals surface area contributed by atoms with Crippen LogP contribution in [0.3, 0.4) is 0 Å². The van der Waals surface area contributed by atoms with Crippen molar-refractivity contribution in [1.29, 1.82) is 0 Å². The first-order valence-electron chi connectivity index (χ1n) is 13.8. The molecule has 0 bridgehead atoms. The van der Waals surface area contributed by atoms with Gasteiger partial charge in [-0.25, -0.2) is 8.42 Å². The summed E-state index contributed by atoms with van der Waals surface area (Å²) >= 11 is 9.42. The van der Waals surface area contributed by atoms with Crippen molar-refractivity contribution in [3.8, 4) is 5.75 Å². The molecule has 1 atom stereocenters. The quantitative estimate of drug-likeness (QED) is 0.217. The molecule has 0 fully saturated rings. The average Bonchev–Trinajstić information content (AvgIpc) is 2.96. The van der Waals surface area contributed by atoms with E-state index in [1.807, 2.05) is 27.7 Å². The van der Waals surface area contributed by atoms with E-state index < -0.39 is 28.5 Å². The van der Waals surface area contributed by atoms with Crippen molar-refractivity contribution >= 4 is 55.1 Å². The summed E-state index contributed by atoms with van der Waals surface area (Å²) in [6.07, 6.45) is 0.339. The Hall–Kier alpha value is -3.08. The van der Waals surface area contributed by atoms with Crippen molar-refractivity contribution in [2.45, 2.75) is 51.6 Å². The summed E-state index contributed by atoms with van der Waals surface area (Å²) in [5.41, 5.74) is 1.05. The van der Waals surface area contributed by atoms with Crippen molar-refractivity contribution < 1.29 is 22.7 Å². The molecule has 11 heteroatoms. The Morgan fingerprint density at radius 1 is 0.952 bits per heavy atom. The van der Waals surface area contributed by atoms with E-state index in [1.165, 1.54) is 17.0 Å². The molecule has 1 N–H and O–H groups in total. The number of nitrogens with one attached hydrogen (secondary N) is 1. The number of halogens is 2. The van der Waals surface area contributed by atoms with E-state index in [0.29, 0.717) is 36.0 Å². The molecule has 3 rings (SSSR count). The van der Waals surface area contributed by atoms with E-state index in [-0.39, 0.29) is 23.3 Å². The van der Waals surface area contributed by atoms with Gasteiger partial charge >= 0.3 is 0 Å². The zero-order valence-electron chi connectivity index (χ0n) is 24.2. The molecule has 0 radical (unpaired) electrons. The molecule has 0 aliphatic heterocycles. The van der Waals surface area contributed by atoms with E-state index in [1.54, 1.807) is 60.7 Å². The van der Waals surface area contributed by atoms with Crippen molar-refractivity contribution in [2.75, 3.05) is 24.0 Å². The third-order valence-corrected chi connectivity index (χ3v) is 9.02. The van der Waals surface area contributed by atoms with E-state index in [2.05, 4.69) is 21.2 Å². The van der Waals surface area contributed by atoms with Crippen LogP contribution in [0.2, 0.25) is 5.02 Å². The molecule has 3 aromatic rings. The Morgan fingerprint density at radius 2 is 1.57 bits per heavy atom. The highest BCUT2D eigenvalue weighted by molar-refractivity contribution is 9.10. The molecule has 2 amide bonds. The summed E-state index contributed by atoms with van der Waals surface area (Å²) in [6.45, 7) is 8.13. The number of rotatable bonds is 14. The van der Waals surface area contributed by atoms with Gasteiger partial charge in [0.1, 0.15) is 18.3 Å². The number of anilines is 1. The van der Waals surface area contributed by atoms with Crippen LogP contribution in [0.4, 0.5) is 5.69 Å². The predicted octanol–water partition coefficient (Wildman–Crippen LogP) is 6.28. The standard InChI is InChI=1S/C31H37BrClN3O5S/c1-5-29(31(38)34-19-22(3)4)35(20-23-7-11-25(33)12-8-23)30(37)21-36(26-13-15-27(16-14-26)41-6-2)42(39,40)28-17-9-24(32)10-18-28/h7-18,22,29H,5-6,19-21H2,1-4H3,(H,34,38)/t29-/m0/s1. The summed E-state index contributed by atoms with van der Waals surface area (Å²) in [5.74, 6) is -0.0214. The number of nitrogens with zero attached hydrogens (tertiary/aromatic N) is 2. The minimum absolute atomic E-state index is 0.0263. The minimum Gasteiger partial charge on any atom is -0.494 e. The maximum Gasteiger partial charge on any atom is 0.264 e. The first-order chi connectivity index (χ1) is 20.0. The van der Waals surface area contributed by atoms with E-state index in [4.69, 9.17) is 16.3 Å². The summed E-state index contributed by atoms with van der Waals surface area (Å²) in [4.78, 5) is 28.9. The second-order valence-electron chi connectivity index (χ2n) is 10.1. The number of amides is 2. The van der Waals surface area contributed by atoms with Crippen molar-refractivity contribution in [3.63, 3.8) is 0 Å². The number of hydrogen-bond donors (Lipinski definition) is 1. The third kappa shape index (κ3) is 8.96. The first kappa shape index (κ1) is 33.4. The second-order valence-corrected chi connectivity index (χ2v) is 13.3. The fourth-order valence-electron chi connectivity index (χ4n) is 4.27. The SMILES string of the molecule is CCOc1ccc(N(CC(=O)N(Cc2ccc(Cl)cc2)[C@@H](CC)C(=O)NCC(C)C)S(=O)(=O)c2ccc(Br)cc2)cc1. The van der Waals surface area contributed by atoms with Gasteiger partial charge in [-0.3, -0.25) is 13.9 Å². The van der Waals surface area contributed by atoms with Gasteiger partial charge < -0.3 is 15.0 Å². The Kier molecular flexibility index (Phi) is 12.3. The van der Waals surface area contributed by atoms with Crippen LogP contribution in [-0.4, -0.2) is 50.9 Å². The van der Waals surface area contributed by atoms with Crippen LogP contribution in [0.1, 0.15) is 39.7 Å². The molecular weight excluding hydrogens is 642 g/mol. The van der Waals surface area contributed by atoms with Crippen LogP contribution >= 0.6 is 27.5 Å². The molecule has 0 aromatic heterocycles. The van der Waals surface area contributed by atoms with Crippen LogP contribution in [-0.2, 0) is 26.2 Å². The van der Waals surface area contributed by atoms with Gasteiger partial charge in [0.15, 0.2) is 0 Å². The van der Waals surface area contributed by atoms with Gasteiger partial charge in [-0.1, -0.05) is 60.4 Å². The van der Waals surface area contributed by atoms with Crippen LogP contribution in [0, 0.1) is 5.92 Å². The van der Waals surface area contributed by atoms with Crippen molar-refractivity contribution in [1.82, 2.24) is 10.2 Å². The summed E-state index contributed by atoms with van der Waals surface area (Å²) in [7, 11) is -4.17. The molecule has 0 unspecified atom stereocenters. The highest BCUT2D eigenvalue weighted by Gasteiger charge is 2.33. The van der Waals surface area contributed by atoms with E-state index in [9.17, 15) is 18.0 Å². The Bertz CT molecular complexity index is 1430. The topological polar surface area (TPSA) is 96.0 Å². The smallest absolute Gasteiger partial charge is 0.264 e. The minimum atomic E-state index is -4.17. The van der Waals surface area contributed by atoms with Crippen molar-refractivity contribution in [3.05, 3.63) is 87.9 Å². The first-order valence-corrected chi connectivity index (χ1v) is 16.4. The van der Waals surface area contributed by atoms with Crippen LogP contribution in [0.5, 0.6) is 5.75 Å². The lowest BCUT2D eigenvalue weighted by Crippen LogP contribution is -2.52. The summed E-state index contributed by atoms with van der Waals surface area (Å²) in [5, 5.41) is 3.47. The lowest BCUT2D eigenvalue weighted by atomic mass is 10.1. The number of carbonyl (C=O) groups is 2. The highest BCUT2D eigenvalue weighted by atomic mass is 79.9. The number of sulfonamides is 1. The van der Waals surface area contributed by atoms with Gasteiger partial charge in [0.2, 0.25) is 11.8 Å². The molecule has 0 saturated carbocycles. The molecule has 0 saturated heterocycles. The predicted molar refractivity (Wildman–Crippen MR) is 170 cm³/mol. The maximum atomic E-state index is 14.1. The molecule has 0 heterocycles. The lowest BCUT2D eigenvalue weighted by molar-refractivity contribution is -0.140. The number of hydrogen-bond acceptors (Lipinski definition) is 5. The number of carbonyl (C=O) groups excluding carboxylic acids is 2. The molecular formula is C31H37BrClN3O5S. The van der Waals surface area contributed by atoms with Crippen LogP contribution in [0.15, 0.2) is 82.2 Å². The largest absolute Gasteiger partial charge is 0.494 e. The molecule has 42 heavy (non-hydrogen) atoms. The number of ether oxygens (including phenoxy) is 1. The molecule has 3 aromatic carbocycles. The molecule has 8 nitrogen and oxygen atoms in total. The van der Waals surface area contributed by atoms with Crippen LogP contribution in [0.25, 0.3) is 0 Å². The Balaban J connectivity index is 2.04. The fourth-order valence-corrected chi connectivity index (χ4v) is 6.07. The molecule has 0 spiro atoms. The van der Waals surface area contributed by atoms with Gasteiger partial charge in [-0.05, 0) is 85.5 Å². The normalized spacial score (nSPS) is 12.1. The monoisotopic (exact) mass is 677 g/mol. The Labute approximate surface area is 262 Å². The molecule has 226 valence electrons. The van der Waals surface area contributed by atoms with Gasteiger partial charge in [-0.2, -0.15) is 0 Å². The molecule has 0 aliphatic rings. The zero-order chi connectivity index (χ0) is 30.9. The van der Waals surface area contributed by atoms with Gasteiger partial charge in [0.05, 0.1) is 17.2 Å². The van der Waals surface area contributed by atoms with Crippen LogP contribution < -0.4 is 14.4 Å². The number of benzene rings is 3.